The smallest absolute Gasteiger partial charge is 0.455 e. The van der Waals surface area contributed by atoms with Crippen LogP contribution in [0.15, 0.2) is 72.9 Å². The van der Waals surface area contributed by atoms with Crippen LogP contribution in [-0.4, -0.2) is 47.8 Å². The van der Waals surface area contributed by atoms with E-state index >= 15 is 0 Å². The Morgan fingerprint density at radius 1 is 1.03 bits per heavy atom. The van der Waals surface area contributed by atoms with Gasteiger partial charge >= 0.3 is 18.2 Å². The number of hydrogen-bond acceptors (Lipinski definition) is 8. The number of ether oxygens (including phenoxy) is 4. The molecule has 2 aliphatic heterocycles. The van der Waals surface area contributed by atoms with Gasteiger partial charge in [0.1, 0.15) is 12.8 Å². The molecule has 1 unspecified atom stereocenters. The van der Waals surface area contributed by atoms with Gasteiger partial charge in [0, 0.05) is 12.6 Å². The lowest BCUT2D eigenvalue weighted by atomic mass is 10.1. The average Bonchev–Trinajstić information content (AvgIpc) is 3.20. The highest BCUT2D eigenvalue weighted by Crippen LogP contribution is 2.28. The fraction of sp³-hybridized carbons (Fsp3) is 0.292. The Bertz CT molecular complexity index is 1030. The van der Waals surface area contributed by atoms with Crippen molar-refractivity contribution in [1.29, 1.82) is 0 Å². The van der Waals surface area contributed by atoms with Gasteiger partial charge in [-0.15, -0.1) is 0 Å². The molecule has 2 aliphatic rings. The van der Waals surface area contributed by atoms with Crippen LogP contribution in [0.1, 0.15) is 17.5 Å². The summed E-state index contributed by atoms with van der Waals surface area (Å²) in [6.07, 6.45) is -1.48. The molecule has 1 fully saturated rings. The van der Waals surface area contributed by atoms with Crippen molar-refractivity contribution in [2.45, 2.75) is 44.2 Å². The summed E-state index contributed by atoms with van der Waals surface area (Å²) in [6.45, 7) is 0.00341. The van der Waals surface area contributed by atoms with Crippen molar-refractivity contribution < 1.29 is 33.3 Å². The van der Waals surface area contributed by atoms with E-state index in [2.05, 4.69) is 5.32 Å². The summed E-state index contributed by atoms with van der Waals surface area (Å²) < 4.78 is 21.8. The van der Waals surface area contributed by atoms with Crippen molar-refractivity contribution in [3.63, 3.8) is 0 Å². The predicted molar refractivity (Wildman–Crippen MR) is 119 cm³/mol. The van der Waals surface area contributed by atoms with E-state index in [4.69, 9.17) is 24.7 Å². The van der Waals surface area contributed by atoms with E-state index < -0.39 is 42.9 Å². The second-order valence-electron chi connectivity index (χ2n) is 7.75. The fourth-order valence-corrected chi connectivity index (χ4v) is 3.56. The Morgan fingerprint density at radius 2 is 1.71 bits per heavy atom. The van der Waals surface area contributed by atoms with Gasteiger partial charge < -0.3 is 30.0 Å². The molecule has 1 saturated heterocycles. The summed E-state index contributed by atoms with van der Waals surface area (Å²) >= 11 is 0. The van der Waals surface area contributed by atoms with Crippen molar-refractivity contribution in [2.24, 2.45) is 5.73 Å². The van der Waals surface area contributed by atoms with Crippen molar-refractivity contribution in [1.82, 2.24) is 10.2 Å². The van der Waals surface area contributed by atoms with E-state index in [9.17, 15) is 14.4 Å². The molecule has 0 radical (unpaired) electrons. The number of esters is 1. The summed E-state index contributed by atoms with van der Waals surface area (Å²) in [7, 11) is 0. The number of rotatable bonds is 7. The third kappa shape index (κ3) is 6.12. The molecule has 2 amide bonds. The second-order valence-corrected chi connectivity index (χ2v) is 7.75. The van der Waals surface area contributed by atoms with Gasteiger partial charge in [-0.2, -0.15) is 0 Å². The van der Waals surface area contributed by atoms with E-state index in [-0.39, 0.29) is 19.4 Å². The minimum Gasteiger partial charge on any atom is -0.455 e. The van der Waals surface area contributed by atoms with Crippen molar-refractivity contribution in [3.05, 3.63) is 84.1 Å². The molecular weight excluding hydrogens is 442 g/mol. The quantitative estimate of drug-likeness (QED) is 0.594. The summed E-state index contributed by atoms with van der Waals surface area (Å²) in [5.41, 5.74) is 7.24. The summed E-state index contributed by atoms with van der Waals surface area (Å²) in [5.74, 6) is -0.521. The fourth-order valence-electron chi connectivity index (χ4n) is 3.56. The predicted octanol–water partition coefficient (Wildman–Crippen LogP) is 2.39. The molecule has 2 aromatic carbocycles. The first kappa shape index (κ1) is 23.3. The lowest BCUT2D eigenvalue weighted by Crippen LogP contribution is -2.52. The van der Waals surface area contributed by atoms with Crippen LogP contribution in [-0.2, 0) is 36.8 Å². The Hall–Kier alpha value is -3.89. The Kier molecular flexibility index (Phi) is 7.41. The highest BCUT2D eigenvalue weighted by molar-refractivity contribution is 5.77. The van der Waals surface area contributed by atoms with Crippen molar-refractivity contribution >= 4 is 18.2 Å². The van der Waals surface area contributed by atoms with Gasteiger partial charge in [-0.1, -0.05) is 60.7 Å². The van der Waals surface area contributed by atoms with Gasteiger partial charge in [0.2, 0.25) is 6.29 Å². The molecule has 34 heavy (non-hydrogen) atoms. The highest BCUT2D eigenvalue weighted by atomic mass is 16.8. The molecule has 0 aromatic heterocycles. The van der Waals surface area contributed by atoms with E-state index in [0.29, 0.717) is 0 Å². The zero-order valence-corrected chi connectivity index (χ0v) is 18.2. The number of nitrogens with zero attached hydrogens (tertiary/aromatic N) is 1. The van der Waals surface area contributed by atoms with E-state index in [1.807, 2.05) is 36.4 Å². The maximum atomic E-state index is 12.5. The Morgan fingerprint density at radius 3 is 2.38 bits per heavy atom. The molecule has 10 heteroatoms. The molecule has 10 nitrogen and oxygen atoms in total. The number of amides is 2. The van der Waals surface area contributed by atoms with E-state index in [1.165, 1.54) is 11.1 Å². The van der Waals surface area contributed by atoms with Crippen LogP contribution in [0, 0.1) is 0 Å². The first-order valence-corrected chi connectivity index (χ1v) is 10.8. The molecule has 2 aromatic rings. The largest absolute Gasteiger partial charge is 0.511 e. The Balaban J connectivity index is 1.40. The molecule has 4 atom stereocenters. The van der Waals surface area contributed by atoms with E-state index in [0.717, 1.165) is 11.1 Å². The minimum atomic E-state index is -1.26. The average molecular weight is 467 g/mol. The molecule has 2 heterocycles. The van der Waals surface area contributed by atoms with Crippen molar-refractivity contribution in [3.8, 4) is 0 Å². The second kappa shape index (κ2) is 10.8. The molecule has 0 bridgehead atoms. The van der Waals surface area contributed by atoms with Crippen LogP contribution in [0.5, 0.6) is 0 Å². The van der Waals surface area contributed by atoms with Crippen LogP contribution in [0.25, 0.3) is 0 Å². The molecular formula is C24H25N3O7. The SMILES string of the molecule is NC1C=CN([C@H]2C[C@H](OC(=O)Cc3ccccc3)[C@@H](OC(=O)OCc3ccccc3)O2)C(=O)N1. The lowest BCUT2D eigenvalue weighted by Gasteiger charge is -2.29. The van der Waals surface area contributed by atoms with Crippen LogP contribution in [0.2, 0.25) is 0 Å². The topological polar surface area (TPSA) is 129 Å². The monoisotopic (exact) mass is 467 g/mol. The number of benzene rings is 2. The maximum absolute atomic E-state index is 12.5. The van der Waals surface area contributed by atoms with Gasteiger partial charge in [0.25, 0.3) is 0 Å². The molecule has 3 N–H and O–H groups in total. The first-order chi connectivity index (χ1) is 16.5. The third-order valence-electron chi connectivity index (χ3n) is 5.20. The number of hydrogen-bond donors (Lipinski definition) is 2. The summed E-state index contributed by atoms with van der Waals surface area (Å²) in [4.78, 5) is 38.4. The molecule has 0 spiro atoms. The van der Waals surface area contributed by atoms with Gasteiger partial charge in [-0.3, -0.25) is 9.69 Å². The Labute approximate surface area is 196 Å². The number of nitrogens with one attached hydrogen (secondary N) is 1. The number of carbonyl (C=O) groups excluding carboxylic acids is 3. The van der Waals surface area contributed by atoms with Crippen LogP contribution in [0.3, 0.4) is 0 Å². The van der Waals surface area contributed by atoms with Gasteiger partial charge in [0.15, 0.2) is 6.10 Å². The standard InChI is InChI=1S/C24H25N3O7/c25-19-11-12-27(23(29)26-19)20-14-18(32-21(28)13-16-7-3-1-4-8-16)22(33-20)34-24(30)31-15-17-9-5-2-6-10-17/h1-12,18-20,22H,13-15,25H2,(H,26,29)/t18-,19?,20+,22+/m0/s1. The highest BCUT2D eigenvalue weighted by Gasteiger charge is 2.45. The minimum absolute atomic E-state index is 0.00341. The van der Waals surface area contributed by atoms with Gasteiger partial charge in [0.05, 0.1) is 12.6 Å². The van der Waals surface area contributed by atoms with Gasteiger partial charge in [-0.25, -0.2) is 9.59 Å². The molecule has 0 saturated carbocycles. The molecule has 4 rings (SSSR count). The zero-order chi connectivity index (χ0) is 23.9. The normalized spacial score (nSPS) is 23.8. The summed E-state index contributed by atoms with van der Waals surface area (Å²) in [6, 6.07) is 17.7. The van der Waals surface area contributed by atoms with Crippen LogP contribution in [0.4, 0.5) is 9.59 Å². The third-order valence-corrected chi connectivity index (χ3v) is 5.20. The maximum Gasteiger partial charge on any atom is 0.511 e. The van der Waals surface area contributed by atoms with Gasteiger partial charge in [-0.05, 0) is 17.2 Å². The summed E-state index contributed by atoms with van der Waals surface area (Å²) in [5, 5.41) is 2.55. The number of nitrogens with two attached hydrogens (primary N) is 1. The van der Waals surface area contributed by atoms with Crippen LogP contribution < -0.4 is 11.1 Å². The first-order valence-electron chi connectivity index (χ1n) is 10.8. The molecule has 0 aliphatic carbocycles. The van der Waals surface area contributed by atoms with Crippen molar-refractivity contribution in [2.75, 3.05) is 0 Å². The number of carbonyl (C=O) groups is 3. The zero-order valence-electron chi connectivity index (χ0n) is 18.2. The van der Waals surface area contributed by atoms with Crippen LogP contribution >= 0.6 is 0 Å². The lowest BCUT2D eigenvalue weighted by molar-refractivity contribution is -0.180. The number of urea groups is 1. The van der Waals surface area contributed by atoms with E-state index in [1.54, 1.807) is 30.3 Å². The molecule has 178 valence electrons.